The van der Waals surface area contributed by atoms with E-state index in [0.717, 1.165) is 0 Å². The fourth-order valence-electron chi connectivity index (χ4n) is 4.45. The summed E-state index contributed by atoms with van der Waals surface area (Å²) in [6, 6.07) is 32.1. The van der Waals surface area contributed by atoms with Crippen molar-refractivity contribution in [2.45, 2.75) is 0 Å². The van der Waals surface area contributed by atoms with Crippen LogP contribution in [0.1, 0.15) is 0 Å². The Morgan fingerprint density at radius 2 is 1.00 bits per heavy atom. The third-order valence-corrected chi connectivity index (χ3v) is 10.2. The van der Waals surface area contributed by atoms with Crippen molar-refractivity contribution < 1.29 is 0 Å². The summed E-state index contributed by atoms with van der Waals surface area (Å²) in [5.41, 5.74) is 2.63. The molecule has 3 aromatic heterocycles. The molecule has 0 radical (unpaired) electrons. The van der Waals surface area contributed by atoms with Crippen molar-refractivity contribution in [3.05, 3.63) is 95.7 Å². The summed E-state index contributed by atoms with van der Waals surface area (Å²) in [5.74, 6) is 0. The molecule has 31 heavy (non-hydrogen) atoms. The van der Waals surface area contributed by atoms with E-state index in [-0.39, 0.29) is 0 Å². The van der Waals surface area contributed by atoms with Gasteiger partial charge in [-0.05, 0) is 0 Å². The second kappa shape index (κ2) is 6.91. The molecule has 0 aliphatic heterocycles. The number of thiophene rings is 2. The molecule has 0 unspecified atom stereocenters. The maximum atomic E-state index is 2.43. The van der Waals surface area contributed by atoms with Gasteiger partial charge in [0.05, 0.1) is 0 Å². The molecule has 146 valence electrons. The van der Waals surface area contributed by atoms with E-state index in [1.165, 1.54) is 61.7 Å². The van der Waals surface area contributed by atoms with Crippen LogP contribution in [0.25, 0.3) is 61.7 Å². The zero-order valence-corrected chi connectivity index (χ0v) is 19.8. The van der Waals surface area contributed by atoms with Gasteiger partial charge in [0.15, 0.2) is 0 Å². The molecule has 0 aliphatic carbocycles. The van der Waals surface area contributed by atoms with Gasteiger partial charge in [-0.3, -0.25) is 0 Å². The summed E-state index contributed by atoms with van der Waals surface area (Å²) in [5, 5.41) is 12.5. The van der Waals surface area contributed by atoms with Crippen LogP contribution in [-0.4, -0.2) is 14.5 Å². The van der Waals surface area contributed by atoms with Crippen LogP contribution in [0.2, 0.25) is 0 Å². The van der Waals surface area contributed by atoms with Gasteiger partial charge >= 0.3 is 195 Å². The quantitative estimate of drug-likeness (QED) is 0.210. The van der Waals surface area contributed by atoms with Crippen molar-refractivity contribution in [1.29, 1.82) is 0 Å². The molecule has 7 aromatic rings. The van der Waals surface area contributed by atoms with E-state index in [0.29, 0.717) is 14.5 Å². The van der Waals surface area contributed by atoms with Gasteiger partial charge in [-0.2, -0.15) is 0 Å². The summed E-state index contributed by atoms with van der Waals surface area (Å²) in [6.45, 7) is 0. The Kier molecular flexibility index (Phi) is 4.00. The summed E-state index contributed by atoms with van der Waals surface area (Å²) in [6.07, 6.45) is 0. The minimum atomic E-state index is 0.352. The van der Waals surface area contributed by atoms with Crippen molar-refractivity contribution in [1.82, 2.24) is 0 Å². The molecule has 0 amide bonds. The average Bonchev–Trinajstić information content (AvgIpc) is 3.56. The normalized spacial score (nSPS) is 11.9. The third-order valence-electron chi connectivity index (χ3n) is 6.00. The Labute approximate surface area is 193 Å². The van der Waals surface area contributed by atoms with E-state index in [2.05, 4.69) is 95.7 Å². The van der Waals surface area contributed by atoms with Gasteiger partial charge in [0, 0.05) is 0 Å². The molecule has 0 spiro atoms. The topological polar surface area (TPSA) is 0 Å². The predicted molar refractivity (Wildman–Crippen MR) is 140 cm³/mol. The van der Waals surface area contributed by atoms with Crippen LogP contribution >= 0.6 is 22.7 Å². The van der Waals surface area contributed by atoms with E-state index in [1.54, 1.807) is 22.7 Å². The van der Waals surface area contributed by atoms with Crippen LogP contribution in [0.15, 0.2) is 95.7 Å². The van der Waals surface area contributed by atoms with E-state index in [4.69, 9.17) is 0 Å². The van der Waals surface area contributed by atoms with Crippen LogP contribution in [0.4, 0.5) is 0 Å². The van der Waals surface area contributed by atoms with Crippen molar-refractivity contribution in [2.75, 3.05) is 0 Å². The van der Waals surface area contributed by atoms with Gasteiger partial charge in [-0.1, -0.05) is 0 Å². The Morgan fingerprint density at radius 3 is 1.45 bits per heavy atom. The fraction of sp³-hybridized carbons (Fsp3) is 0. The van der Waals surface area contributed by atoms with Crippen LogP contribution in [-0.2, 0) is 0 Å². The molecular formula is C28H16S2Se. The van der Waals surface area contributed by atoms with Crippen molar-refractivity contribution in [3.8, 4) is 20.9 Å². The molecule has 0 N–H and O–H groups in total. The van der Waals surface area contributed by atoms with Gasteiger partial charge in [0.1, 0.15) is 0 Å². The fourth-order valence-corrected chi connectivity index (χ4v) is 8.35. The van der Waals surface area contributed by atoms with Gasteiger partial charge in [-0.25, -0.2) is 0 Å². The molecule has 3 heteroatoms. The molecule has 0 saturated carbocycles. The molecular weight excluding hydrogens is 479 g/mol. The second-order valence-corrected chi connectivity index (χ2v) is 12.0. The molecule has 0 fully saturated rings. The second-order valence-electron chi connectivity index (χ2n) is 7.88. The summed E-state index contributed by atoms with van der Waals surface area (Å²) >= 11 is 3.96. The number of hydrogen-bond acceptors (Lipinski definition) is 2. The molecule has 0 nitrogen and oxygen atoms in total. The Balaban J connectivity index is 1.44. The summed E-state index contributed by atoms with van der Waals surface area (Å²) < 4.78 is 3.01. The Hall–Kier alpha value is -2.68. The standard InChI is InChI=1S/C28H16S2Se/c1-3-25(29-9-1)19-7-5-17-13-23-24-14-18-6-8-20(26-4-2-10-30-26)12-22(18)16-28(24)31-27(23)15-21(17)11-19/h1-16H. The van der Waals surface area contributed by atoms with Gasteiger partial charge in [-0.15, -0.1) is 0 Å². The first-order valence-corrected chi connectivity index (χ1v) is 13.7. The molecule has 7 rings (SSSR count). The maximum absolute atomic E-state index is 2.43. The van der Waals surface area contributed by atoms with Crippen LogP contribution in [0.5, 0.6) is 0 Å². The minimum absolute atomic E-state index is 0.352. The molecule has 3 heterocycles. The SMILES string of the molecule is c1csc(-c2ccc3cc4c(cc3c2)[se]c2cc3cc(-c5cccs5)ccc3cc24)c1. The third kappa shape index (κ3) is 2.93. The average molecular weight is 496 g/mol. The Bertz CT molecular complexity index is 1590. The predicted octanol–water partition coefficient (Wildman–Crippen LogP) is 8.81. The van der Waals surface area contributed by atoms with Crippen molar-refractivity contribution >= 4 is 78.0 Å². The van der Waals surface area contributed by atoms with E-state index in [1.807, 2.05) is 0 Å². The van der Waals surface area contributed by atoms with Gasteiger partial charge in [0.2, 0.25) is 0 Å². The number of rotatable bonds is 2. The molecule has 0 aliphatic rings. The monoisotopic (exact) mass is 496 g/mol. The van der Waals surface area contributed by atoms with E-state index < -0.39 is 0 Å². The first-order valence-electron chi connectivity index (χ1n) is 10.2. The number of fused-ring (bicyclic) bond motifs is 5. The zero-order chi connectivity index (χ0) is 20.4. The number of hydrogen-bond donors (Lipinski definition) is 0. The summed E-state index contributed by atoms with van der Waals surface area (Å²) in [7, 11) is 0. The van der Waals surface area contributed by atoms with Crippen LogP contribution < -0.4 is 0 Å². The van der Waals surface area contributed by atoms with Crippen LogP contribution in [0, 0.1) is 0 Å². The van der Waals surface area contributed by atoms with Gasteiger partial charge in [0.25, 0.3) is 0 Å². The first kappa shape index (κ1) is 17.9. The molecule has 0 bridgehead atoms. The van der Waals surface area contributed by atoms with Gasteiger partial charge < -0.3 is 0 Å². The molecule has 0 atom stereocenters. The number of benzene rings is 4. The molecule has 4 aromatic carbocycles. The first-order chi connectivity index (χ1) is 15.3. The van der Waals surface area contributed by atoms with E-state index in [9.17, 15) is 0 Å². The summed E-state index contributed by atoms with van der Waals surface area (Å²) in [4.78, 5) is 2.67. The van der Waals surface area contributed by atoms with Crippen LogP contribution in [0.3, 0.4) is 0 Å². The van der Waals surface area contributed by atoms with Crippen molar-refractivity contribution in [3.63, 3.8) is 0 Å². The van der Waals surface area contributed by atoms with E-state index >= 15 is 0 Å². The Morgan fingerprint density at radius 1 is 0.484 bits per heavy atom. The molecule has 0 saturated heterocycles. The zero-order valence-electron chi connectivity index (χ0n) is 16.5. The van der Waals surface area contributed by atoms with Crippen molar-refractivity contribution in [2.24, 2.45) is 0 Å².